The van der Waals surface area contributed by atoms with Crippen LogP contribution in [0.5, 0.6) is 5.75 Å². The number of aliphatic imine (C=N–C) groups is 1. The number of anilines is 1. The molecular formula is C19H28N6O. The number of hydrogen-bond donors (Lipinski definition) is 2. The number of ether oxygens (including phenoxy) is 1. The van der Waals surface area contributed by atoms with Gasteiger partial charge in [0.05, 0.1) is 25.5 Å². The maximum Gasteiger partial charge on any atom is 0.191 e. The summed E-state index contributed by atoms with van der Waals surface area (Å²) in [7, 11) is 3.53. The molecule has 7 nitrogen and oxygen atoms in total. The van der Waals surface area contributed by atoms with Gasteiger partial charge < -0.3 is 20.3 Å². The molecule has 2 N–H and O–H groups in total. The lowest BCUT2D eigenvalue weighted by atomic mass is 10.2. The molecule has 0 radical (unpaired) electrons. The van der Waals surface area contributed by atoms with Crippen molar-refractivity contribution in [1.82, 2.24) is 20.4 Å². The molecule has 0 amide bonds. The highest BCUT2D eigenvalue weighted by Crippen LogP contribution is 2.30. The summed E-state index contributed by atoms with van der Waals surface area (Å²) < 4.78 is 7.42. The third-order valence-electron chi connectivity index (χ3n) is 4.57. The van der Waals surface area contributed by atoms with Crippen molar-refractivity contribution >= 4 is 11.6 Å². The predicted octanol–water partition coefficient (Wildman–Crippen LogP) is 1.64. The third kappa shape index (κ3) is 4.47. The Kier molecular flexibility index (Phi) is 5.99. The van der Waals surface area contributed by atoms with Gasteiger partial charge in [-0.05, 0) is 31.0 Å². The normalized spacial score (nSPS) is 17.4. The summed E-state index contributed by atoms with van der Waals surface area (Å²) in [5, 5.41) is 11.2. The van der Waals surface area contributed by atoms with Gasteiger partial charge in [-0.3, -0.25) is 9.67 Å². The van der Waals surface area contributed by atoms with Gasteiger partial charge in [-0.1, -0.05) is 12.1 Å². The summed E-state index contributed by atoms with van der Waals surface area (Å²) in [6, 6.07) is 8.53. The van der Waals surface area contributed by atoms with Crippen LogP contribution in [0.25, 0.3) is 0 Å². The monoisotopic (exact) mass is 356 g/mol. The van der Waals surface area contributed by atoms with Crippen LogP contribution in [0.1, 0.15) is 12.0 Å². The lowest BCUT2D eigenvalue weighted by Gasteiger charge is -2.22. The Hall–Kier alpha value is -2.70. The number of benzene rings is 1. The minimum absolute atomic E-state index is 0.359. The van der Waals surface area contributed by atoms with Gasteiger partial charge in [-0.15, -0.1) is 0 Å². The van der Waals surface area contributed by atoms with Crippen LogP contribution in [-0.2, 0) is 6.54 Å². The molecule has 1 aromatic heterocycles. The van der Waals surface area contributed by atoms with E-state index < -0.39 is 0 Å². The fourth-order valence-corrected chi connectivity index (χ4v) is 3.25. The van der Waals surface area contributed by atoms with Crippen molar-refractivity contribution in [3.63, 3.8) is 0 Å². The number of aryl methyl sites for hydroxylation is 1. The highest BCUT2D eigenvalue weighted by Gasteiger charge is 2.25. The molecule has 1 aliphatic rings. The average Bonchev–Trinajstić information content (AvgIpc) is 3.29. The lowest BCUT2D eigenvalue weighted by molar-refractivity contribution is 0.415. The zero-order valence-electron chi connectivity index (χ0n) is 15.8. The molecule has 1 fully saturated rings. The van der Waals surface area contributed by atoms with Crippen LogP contribution in [0, 0.1) is 6.92 Å². The van der Waals surface area contributed by atoms with E-state index in [0.29, 0.717) is 6.04 Å². The quantitative estimate of drug-likeness (QED) is 0.608. The van der Waals surface area contributed by atoms with E-state index in [4.69, 9.17) is 4.74 Å². The van der Waals surface area contributed by atoms with Crippen LogP contribution in [0.15, 0.2) is 41.7 Å². The molecule has 140 valence electrons. The minimum Gasteiger partial charge on any atom is -0.495 e. The third-order valence-corrected chi connectivity index (χ3v) is 4.57. The van der Waals surface area contributed by atoms with Gasteiger partial charge in [0.15, 0.2) is 5.96 Å². The smallest absolute Gasteiger partial charge is 0.191 e. The topological polar surface area (TPSA) is 66.7 Å². The van der Waals surface area contributed by atoms with Crippen molar-refractivity contribution in [2.45, 2.75) is 25.9 Å². The Labute approximate surface area is 155 Å². The second-order valence-corrected chi connectivity index (χ2v) is 6.53. The van der Waals surface area contributed by atoms with Gasteiger partial charge in [0, 0.05) is 38.9 Å². The molecule has 0 bridgehead atoms. The highest BCUT2D eigenvalue weighted by molar-refractivity contribution is 5.80. The average molecular weight is 356 g/mol. The first-order chi connectivity index (χ1) is 12.7. The van der Waals surface area contributed by atoms with Crippen molar-refractivity contribution in [2.75, 3.05) is 38.7 Å². The van der Waals surface area contributed by atoms with E-state index >= 15 is 0 Å². The highest BCUT2D eigenvalue weighted by atomic mass is 16.5. The number of para-hydroxylation sites is 2. The molecule has 7 heteroatoms. The lowest BCUT2D eigenvalue weighted by Crippen LogP contribution is -2.45. The Balaban J connectivity index is 1.49. The van der Waals surface area contributed by atoms with Crippen LogP contribution in [0.4, 0.5) is 5.69 Å². The van der Waals surface area contributed by atoms with Crippen molar-refractivity contribution in [2.24, 2.45) is 4.99 Å². The van der Waals surface area contributed by atoms with Crippen molar-refractivity contribution in [3.05, 3.63) is 42.2 Å². The van der Waals surface area contributed by atoms with Crippen molar-refractivity contribution < 1.29 is 4.74 Å². The summed E-state index contributed by atoms with van der Waals surface area (Å²) in [5.74, 6) is 1.76. The number of aromatic nitrogens is 2. The van der Waals surface area contributed by atoms with Gasteiger partial charge in [0.1, 0.15) is 5.75 Å². The summed E-state index contributed by atoms with van der Waals surface area (Å²) >= 11 is 0. The number of guanidine groups is 1. The summed E-state index contributed by atoms with van der Waals surface area (Å²) in [6.45, 7) is 5.57. The summed E-state index contributed by atoms with van der Waals surface area (Å²) in [6.07, 6.45) is 4.98. The van der Waals surface area contributed by atoms with Gasteiger partial charge in [-0.2, -0.15) is 5.10 Å². The van der Waals surface area contributed by atoms with Crippen molar-refractivity contribution in [1.29, 1.82) is 0 Å². The number of nitrogens with zero attached hydrogens (tertiary/aromatic N) is 4. The molecule has 2 heterocycles. The molecule has 0 aliphatic carbocycles. The molecule has 1 saturated heterocycles. The van der Waals surface area contributed by atoms with Gasteiger partial charge in [-0.25, -0.2) is 0 Å². The fourth-order valence-electron chi connectivity index (χ4n) is 3.25. The molecule has 3 rings (SSSR count). The molecule has 1 aliphatic heterocycles. The molecular weight excluding hydrogens is 328 g/mol. The molecule has 26 heavy (non-hydrogen) atoms. The van der Waals surface area contributed by atoms with Crippen LogP contribution < -0.4 is 20.3 Å². The maximum absolute atomic E-state index is 5.49. The fraction of sp³-hybridized carbons (Fsp3) is 0.474. The number of rotatable bonds is 6. The first-order valence-corrected chi connectivity index (χ1v) is 9.04. The van der Waals surface area contributed by atoms with E-state index in [2.05, 4.69) is 37.8 Å². The standard InChI is InChI=1S/C19H28N6O/c1-15-12-22-25(13-15)11-9-21-19(20-2)23-16-8-10-24(14-16)17-6-4-5-7-18(17)26-3/h4-7,12-13,16H,8-11,14H2,1-3H3,(H2,20,21,23). The van der Waals surface area contributed by atoms with Crippen molar-refractivity contribution in [3.8, 4) is 5.75 Å². The first-order valence-electron chi connectivity index (χ1n) is 9.04. The van der Waals surface area contributed by atoms with Gasteiger partial charge in [0.2, 0.25) is 0 Å². The zero-order chi connectivity index (χ0) is 18.4. The van der Waals surface area contributed by atoms with Crippen LogP contribution in [-0.4, -0.2) is 55.6 Å². The second kappa shape index (κ2) is 8.60. The van der Waals surface area contributed by atoms with Gasteiger partial charge in [0.25, 0.3) is 0 Å². The largest absolute Gasteiger partial charge is 0.495 e. The van der Waals surface area contributed by atoms with Gasteiger partial charge >= 0.3 is 0 Å². The predicted molar refractivity (Wildman–Crippen MR) is 105 cm³/mol. The van der Waals surface area contributed by atoms with E-state index in [1.165, 1.54) is 5.56 Å². The Morgan fingerprint density at radius 3 is 2.96 bits per heavy atom. The molecule has 0 saturated carbocycles. The SMILES string of the molecule is CN=C(NCCn1cc(C)cn1)NC1CCN(c2ccccc2OC)C1. The number of nitrogens with one attached hydrogen (secondary N) is 2. The maximum atomic E-state index is 5.49. The second-order valence-electron chi connectivity index (χ2n) is 6.53. The van der Waals surface area contributed by atoms with E-state index in [9.17, 15) is 0 Å². The van der Waals surface area contributed by atoms with Crippen LogP contribution in [0.3, 0.4) is 0 Å². The Bertz CT molecular complexity index is 741. The van der Waals surface area contributed by atoms with E-state index in [1.807, 2.05) is 36.1 Å². The van der Waals surface area contributed by atoms with E-state index in [1.54, 1.807) is 14.2 Å². The summed E-state index contributed by atoms with van der Waals surface area (Å²) in [5.41, 5.74) is 2.33. The molecule has 1 unspecified atom stereocenters. The molecule has 0 spiro atoms. The number of methoxy groups -OCH3 is 1. The minimum atomic E-state index is 0.359. The number of hydrogen-bond acceptors (Lipinski definition) is 4. The van der Waals surface area contributed by atoms with E-state index in [0.717, 1.165) is 50.0 Å². The van der Waals surface area contributed by atoms with Crippen LogP contribution >= 0.6 is 0 Å². The zero-order valence-corrected chi connectivity index (χ0v) is 15.8. The summed E-state index contributed by atoms with van der Waals surface area (Å²) in [4.78, 5) is 6.70. The molecule has 1 atom stereocenters. The van der Waals surface area contributed by atoms with Crippen LogP contribution in [0.2, 0.25) is 0 Å². The Morgan fingerprint density at radius 2 is 2.23 bits per heavy atom. The molecule has 1 aromatic carbocycles. The first kappa shape index (κ1) is 18.1. The molecule has 2 aromatic rings. The van der Waals surface area contributed by atoms with E-state index in [-0.39, 0.29) is 0 Å². The Morgan fingerprint density at radius 1 is 1.38 bits per heavy atom.